The second kappa shape index (κ2) is 9.09. The number of fused-ring (bicyclic) bond motifs is 3. The molecule has 3 aromatic heterocycles. The number of hydrogen-bond donors (Lipinski definition) is 1. The Morgan fingerprint density at radius 1 is 1.08 bits per heavy atom. The van der Waals surface area contributed by atoms with Gasteiger partial charge in [0, 0.05) is 18.3 Å². The van der Waals surface area contributed by atoms with E-state index in [0.29, 0.717) is 62.9 Å². The molecule has 8 nitrogen and oxygen atoms in total. The minimum Gasteiger partial charge on any atom is -0.461 e. The van der Waals surface area contributed by atoms with Gasteiger partial charge in [0.05, 0.1) is 38.9 Å². The van der Waals surface area contributed by atoms with Crippen LogP contribution in [0.4, 0.5) is 19.7 Å². The summed E-state index contributed by atoms with van der Waals surface area (Å²) in [6.45, 7) is 3.52. The molecule has 11 heteroatoms. The summed E-state index contributed by atoms with van der Waals surface area (Å²) in [7, 11) is 0. The van der Waals surface area contributed by atoms with Crippen molar-refractivity contribution in [1.82, 2.24) is 24.8 Å². The lowest BCUT2D eigenvalue weighted by atomic mass is 9.95. The molecular weight excluding hydrogens is 508 g/mol. The number of halogens is 2. The molecule has 3 aliphatic rings. The summed E-state index contributed by atoms with van der Waals surface area (Å²) in [4.78, 5) is 23.0. The molecule has 0 atom stereocenters. The van der Waals surface area contributed by atoms with Crippen LogP contribution in [-0.4, -0.2) is 63.2 Å². The van der Waals surface area contributed by atoms with Crippen LogP contribution in [0.1, 0.15) is 32.1 Å². The predicted octanol–water partition coefficient (Wildman–Crippen LogP) is 5.09. The molecule has 0 amide bonds. The lowest BCUT2D eigenvalue weighted by Crippen LogP contribution is -2.43. The third-order valence-corrected chi connectivity index (χ3v) is 8.91. The quantitative estimate of drug-likeness (QED) is 0.378. The Bertz CT molecular complexity index is 1580. The Morgan fingerprint density at radius 3 is 2.74 bits per heavy atom. The number of aromatic nitrogens is 4. The SMILES string of the molecule is Nc1nc2c(-c3cc4nc(OCC56CCCN5CCC6)nc(N5CCC=C(F)C5)c4cn3)ccc(F)c2s1. The average molecular weight is 536 g/mol. The number of thiazole rings is 1. The first-order valence-electron chi connectivity index (χ1n) is 13.0. The summed E-state index contributed by atoms with van der Waals surface area (Å²) < 4.78 is 35.4. The van der Waals surface area contributed by atoms with Crippen molar-refractivity contribution in [2.24, 2.45) is 0 Å². The molecule has 0 spiro atoms. The number of benzene rings is 1. The first kappa shape index (κ1) is 23.7. The fraction of sp³-hybridized carbons (Fsp3) is 0.407. The molecule has 1 aromatic carbocycles. The van der Waals surface area contributed by atoms with E-state index in [2.05, 4.69) is 14.9 Å². The van der Waals surface area contributed by atoms with Gasteiger partial charge in [-0.2, -0.15) is 9.97 Å². The highest BCUT2D eigenvalue weighted by Crippen LogP contribution is 2.40. The van der Waals surface area contributed by atoms with Gasteiger partial charge < -0.3 is 15.4 Å². The normalized spacial score (nSPS) is 19.3. The Kier molecular flexibility index (Phi) is 5.66. The van der Waals surface area contributed by atoms with Crippen molar-refractivity contribution in [2.45, 2.75) is 37.6 Å². The standard InChI is InChI=1S/C27H27F2N7OS/c28-16-4-1-9-35(14-16)24-18-13-31-20(17-5-6-19(29)23-22(17)33-25(30)38-23)12-21(18)32-26(34-24)37-15-27-7-2-10-36(27)11-3-8-27/h4-6,12-13H,1-3,7-11,14-15H2,(H2,30,33). The van der Waals surface area contributed by atoms with Crippen LogP contribution in [0.2, 0.25) is 0 Å². The van der Waals surface area contributed by atoms with E-state index in [0.717, 1.165) is 37.3 Å². The van der Waals surface area contributed by atoms with E-state index in [1.807, 2.05) is 11.0 Å². The molecule has 0 bridgehead atoms. The van der Waals surface area contributed by atoms with Gasteiger partial charge in [0.15, 0.2) is 5.13 Å². The molecule has 2 saturated heterocycles. The third-order valence-electron chi connectivity index (χ3n) is 8.02. The van der Waals surface area contributed by atoms with Crippen LogP contribution in [0.5, 0.6) is 6.01 Å². The Balaban J connectivity index is 1.31. The summed E-state index contributed by atoms with van der Waals surface area (Å²) in [6.07, 6.45) is 8.47. The van der Waals surface area contributed by atoms with Crippen molar-refractivity contribution in [3.05, 3.63) is 42.1 Å². The van der Waals surface area contributed by atoms with Crippen molar-refractivity contribution in [1.29, 1.82) is 0 Å². The van der Waals surface area contributed by atoms with E-state index in [9.17, 15) is 8.78 Å². The summed E-state index contributed by atoms with van der Waals surface area (Å²) >= 11 is 1.11. The third kappa shape index (κ3) is 3.95. The molecule has 0 unspecified atom stereocenters. The van der Waals surface area contributed by atoms with Crippen molar-refractivity contribution >= 4 is 43.4 Å². The van der Waals surface area contributed by atoms with Gasteiger partial charge in [-0.25, -0.2) is 13.8 Å². The van der Waals surface area contributed by atoms with Gasteiger partial charge in [-0.1, -0.05) is 11.3 Å². The minimum atomic E-state index is -0.369. The lowest BCUT2D eigenvalue weighted by Gasteiger charge is -2.31. The van der Waals surface area contributed by atoms with Crippen LogP contribution in [0, 0.1) is 5.82 Å². The number of nitrogens with two attached hydrogens (primary N) is 1. The van der Waals surface area contributed by atoms with Crippen molar-refractivity contribution < 1.29 is 13.5 Å². The molecule has 4 aromatic rings. The molecule has 38 heavy (non-hydrogen) atoms. The highest BCUT2D eigenvalue weighted by Gasteiger charge is 2.45. The number of nitrogen functional groups attached to an aromatic ring is 1. The van der Waals surface area contributed by atoms with Gasteiger partial charge in [0.25, 0.3) is 0 Å². The van der Waals surface area contributed by atoms with E-state index in [1.54, 1.807) is 18.3 Å². The van der Waals surface area contributed by atoms with Crippen LogP contribution in [0.15, 0.2) is 36.3 Å². The molecule has 3 aliphatic heterocycles. The molecule has 6 heterocycles. The summed E-state index contributed by atoms with van der Waals surface area (Å²) in [5, 5.41) is 0.994. The second-order valence-corrected chi connectivity index (χ2v) is 11.3. The summed E-state index contributed by atoms with van der Waals surface area (Å²) in [5.74, 6) is 0.0458. The second-order valence-electron chi connectivity index (χ2n) is 10.3. The van der Waals surface area contributed by atoms with Gasteiger partial charge in [-0.05, 0) is 69.5 Å². The predicted molar refractivity (Wildman–Crippen MR) is 145 cm³/mol. The maximum Gasteiger partial charge on any atom is 0.319 e. The highest BCUT2D eigenvalue weighted by atomic mass is 32.1. The minimum absolute atomic E-state index is 0.0477. The van der Waals surface area contributed by atoms with Crippen LogP contribution < -0.4 is 15.4 Å². The van der Waals surface area contributed by atoms with E-state index in [-0.39, 0.29) is 29.7 Å². The molecule has 196 valence electrons. The van der Waals surface area contributed by atoms with E-state index in [4.69, 9.17) is 20.4 Å². The topological polar surface area (TPSA) is 93.3 Å². The smallest absolute Gasteiger partial charge is 0.319 e. The zero-order valence-corrected chi connectivity index (χ0v) is 21.6. The number of nitrogens with zero attached hydrogens (tertiary/aromatic N) is 6. The van der Waals surface area contributed by atoms with Gasteiger partial charge in [-0.3, -0.25) is 9.88 Å². The average Bonchev–Trinajstić information content (AvgIpc) is 3.61. The molecular formula is C27H27F2N7OS. The molecule has 2 N–H and O–H groups in total. The van der Waals surface area contributed by atoms with E-state index < -0.39 is 0 Å². The number of hydrogen-bond acceptors (Lipinski definition) is 9. The molecule has 0 radical (unpaired) electrons. The van der Waals surface area contributed by atoms with Gasteiger partial charge in [0.1, 0.15) is 24.1 Å². The number of ether oxygens (including phenoxy) is 1. The Labute approximate surface area is 222 Å². The fourth-order valence-electron chi connectivity index (χ4n) is 6.18. The highest BCUT2D eigenvalue weighted by molar-refractivity contribution is 7.22. The Morgan fingerprint density at radius 2 is 1.92 bits per heavy atom. The van der Waals surface area contributed by atoms with Crippen LogP contribution >= 0.6 is 11.3 Å². The zero-order valence-electron chi connectivity index (χ0n) is 20.8. The van der Waals surface area contributed by atoms with Gasteiger partial charge in [0.2, 0.25) is 0 Å². The monoisotopic (exact) mass is 535 g/mol. The molecule has 2 fully saturated rings. The first-order chi connectivity index (χ1) is 18.5. The number of rotatable bonds is 5. The van der Waals surface area contributed by atoms with E-state index in [1.165, 1.54) is 18.9 Å². The van der Waals surface area contributed by atoms with Crippen LogP contribution in [-0.2, 0) is 0 Å². The summed E-state index contributed by atoms with van der Waals surface area (Å²) in [6, 6.07) is 5.16. The molecule has 7 rings (SSSR count). The van der Waals surface area contributed by atoms with Crippen molar-refractivity contribution in [2.75, 3.05) is 43.4 Å². The maximum atomic E-state index is 14.4. The largest absolute Gasteiger partial charge is 0.461 e. The lowest BCUT2D eigenvalue weighted by molar-refractivity contribution is 0.108. The van der Waals surface area contributed by atoms with Crippen molar-refractivity contribution in [3.63, 3.8) is 0 Å². The fourth-order valence-corrected chi connectivity index (χ4v) is 6.95. The maximum absolute atomic E-state index is 14.4. The van der Waals surface area contributed by atoms with Crippen LogP contribution in [0.25, 0.3) is 32.4 Å². The zero-order chi connectivity index (χ0) is 25.9. The number of pyridine rings is 1. The van der Waals surface area contributed by atoms with Gasteiger partial charge in [-0.15, -0.1) is 0 Å². The summed E-state index contributed by atoms with van der Waals surface area (Å²) in [5.41, 5.74) is 8.28. The molecule has 0 saturated carbocycles. The Hall–Kier alpha value is -3.44. The van der Waals surface area contributed by atoms with Crippen molar-refractivity contribution in [3.8, 4) is 17.3 Å². The first-order valence-corrected chi connectivity index (χ1v) is 13.8. The van der Waals surface area contributed by atoms with Gasteiger partial charge >= 0.3 is 6.01 Å². The number of anilines is 2. The molecule has 0 aliphatic carbocycles. The van der Waals surface area contributed by atoms with Crippen LogP contribution in [0.3, 0.4) is 0 Å². The van der Waals surface area contributed by atoms with E-state index >= 15 is 0 Å².